The number of aromatic nitrogens is 4. The first-order valence-corrected chi connectivity index (χ1v) is 13.7. The van der Waals surface area contributed by atoms with E-state index >= 15 is 0 Å². The fourth-order valence-corrected chi connectivity index (χ4v) is 3.82. The van der Waals surface area contributed by atoms with E-state index in [1.54, 1.807) is 75.0 Å². The first-order valence-electron chi connectivity index (χ1n) is 13.7. The summed E-state index contributed by atoms with van der Waals surface area (Å²) in [5, 5.41) is 12.3. The molecule has 0 saturated heterocycles. The number of carbonyl (C=O) groups excluding carboxylic acids is 3. The summed E-state index contributed by atoms with van der Waals surface area (Å²) in [6.45, 7) is 5.40. The van der Waals surface area contributed by atoms with E-state index in [2.05, 4.69) is 15.3 Å². The van der Waals surface area contributed by atoms with Crippen LogP contribution in [0, 0.1) is 6.92 Å². The molecule has 0 fully saturated rings. The number of anilines is 2. The van der Waals surface area contributed by atoms with Gasteiger partial charge in [0.05, 0.1) is 11.3 Å². The lowest BCUT2D eigenvalue weighted by Gasteiger charge is -2.17. The number of nitrogens with zero attached hydrogens (tertiary/aromatic N) is 4. The second kappa shape index (κ2) is 16.1. The second-order valence-electron chi connectivity index (χ2n) is 10.2. The number of ether oxygens (including phenoxy) is 1. The SMILES string of the molecule is CC(C)(O)c1ccc(-n2cccc(N)c2=O)nc1.Cc1ccc(-n2cccc(NC(=O)OCc3ccccc3)c2=O)nc1.O=C=O. The van der Waals surface area contributed by atoms with E-state index in [4.69, 9.17) is 20.1 Å². The standard InChI is InChI=1S/C19H17N3O3.C13H15N3O2.CO2/c1-14-9-10-17(20-12-14)22-11-5-8-16(18(22)23)21-19(24)25-13-15-6-3-2-4-7-15;1-13(2,18)9-5-6-11(15-8-9)16-7-3-4-10(14)12(16)17;2-1-3/h2-12H,13H2,1H3,(H,21,24);3-8,18H,14H2,1-2H3;. The molecule has 236 valence electrons. The third kappa shape index (κ3) is 9.67. The van der Waals surface area contributed by atoms with Gasteiger partial charge in [-0.05, 0) is 68.3 Å². The zero-order valence-corrected chi connectivity index (χ0v) is 25.3. The van der Waals surface area contributed by atoms with Crippen LogP contribution in [0.1, 0.15) is 30.5 Å². The first kappa shape index (κ1) is 34.3. The van der Waals surface area contributed by atoms with Crippen LogP contribution in [0.25, 0.3) is 11.6 Å². The molecule has 0 unspecified atom stereocenters. The number of nitrogens with one attached hydrogen (secondary N) is 1. The number of rotatable bonds is 6. The predicted molar refractivity (Wildman–Crippen MR) is 169 cm³/mol. The van der Waals surface area contributed by atoms with Gasteiger partial charge in [-0.25, -0.2) is 14.8 Å². The summed E-state index contributed by atoms with van der Waals surface area (Å²) < 4.78 is 7.87. The van der Waals surface area contributed by atoms with Crippen molar-refractivity contribution in [2.45, 2.75) is 33.0 Å². The van der Waals surface area contributed by atoms with Crippen molar-refractivity contribution in [3.63, 3.8) is 0 Å². The Morgan fingerprint density at radius 1 is 0.870 bits per heavy atom. The highest BCUT2D eigenvalue weighted by molar-refractivity contribution is 5.84. The molecule has 13 nitrogen and oxygen atoms in total. The van der Waals surface area contributed by atoms with Gasteiger partial charge < -0.3 is 15.6 Å². The molecule has 5 rings (SSSR count). The summed E-state index contributed by atoms with van der Waals surface area (Å²) in [7, 11) is 0. The second-order valence-corrected chi connectivity index (χ2v) is 10.2. The fraction of sp³-hybridized carbons (Fsp3) is 0.152. The summed E-state index contributed by atoms with van der Waals surface area (Å²) >= 11 is 0. The van der Waals surface area contributed by atoms with Gasteiger partial charge in [0.2, 0.25) is 0 Å². The topological polar surface area (TPSA) is 188 Å². The van der Waals surface area contributed by atoms with E-state index < -0.39 is 11.7 Å². The van der Waals surface area contributed by atoms with E-state index in [0.717, 1.165) is 11.1 Å². The number of benzene rings is 1. The summed E-state index contributed by atoms with van der Waals surface area (Å²) in [6, 6.07) is 22.7. The van der Waals surface area contributed by atoms with Gasteiger partial charge in [0, 0.05) is 30.4 Å². The highest BCUT2D eigenvalue weighted by atomic mass is 16.5. The average Bonchev–Trinajstić information content (AvgIpc) is 3.04. The highest BCUT2D eigenvalue weighted by Gasteiger charge is 2.16. The molecule has 0 aliphatic rings. The van der Waals surface area contributed by atoms with Crippen molar-refractivity contribution in [1.29, 1.82) is 0 Å². The predicted octanol–water partition coefficient (Wildman–Crippen LogP) is 3.75. The first-order chi connectivity index (χ1) is 21.9. The summed E-state index contributed by atoms with van der Waals surface area (Å²) in [6.07, 6.45) is 5.99. The molecule has 0 spiro atoms. The maximum atomic E-state index is 12.5. The van der Waals surface area contributed by atoms with E-state index in [1.807, 2.05) is 43.3 Å². The van der Waals surface area contributed by atoms with Gasteiger partial charge in [0.25, 0.3) is 11.1 Å². The lowest BCUT2D eigenvalue weighted by Crippen LogP contribution is -2.25. The maximum absolute atomic E-state index is 12.5. The quantitative estimate of drug-likeness (QED) is 0.251. The molecule has 0 aliphatic heterocycles. The van der Waals surface area contributed by atoms with Gasteiger partial charge in [-0.3, -0.25) is 24.0 Å². The smallest absolute Gasteiger partial charge is 0.412 e. The largest absolute Gasteiger partial charge is 0.444 e. The van der Waals surface area contributed by atoms with Gasteiger partial charge in [-0.1, -0.05) is 42.5 Å². The molecule has 1 aromatic carbocycles. The van der Waals surface area contributed by atoms with Crippen molar-refractivity contribution < 1.29 is 24.2 Å². The minimum Gasteiger partial charge on any atom is -0.444 e. The van der Waals surface area contributed by atoms with Crippen LogP contribution in [0.4, 0.5) is 16.2 Å². The highest BCUT2D eigenvalue weighted by Crippen LogP contribution is 2.19. The van der Waals surface area contributed by atoms with Crippen LogP contribution in [-0.2, 0) is 26.5 Å². The molecule has 46 heavy (non-hydrogen) atoms. The molecule has 4 aromatic heterocycles. The number of amides is 1. The summed E-state index contributed by atoms with van der Waals surface area (Å²) in [5.41, 5.74) is 6.77. The lowest BCUT2D eigenvalue weighted by atomic mass is 10.0. The van der Waals surface area contributed by atoms with Gasteiger partial charge >= 0.3 is 12.2 Å². The number of carbonyl (C=O) groups is 1. The van der Waals surface area contributed by atoms with Crippen LogP contribution in [0.15, 0.2) is 113 Å². The molecule has 0 aliphatic carbocycles. The normalized spacial score (nSPS) is 10.3. The van der Waals surface area contributed by atoms with Crippen molar-refractivity contribution in [1.82, 2.24) is 19.1 Å². The molecule has 0 saturated carbocycles. The van der Waals surface area contributed by atoms with E-state index in [9.17, 15) is 19.5 Å². The van der Waals surface area contributed by atoms with Gasteiger partial charge in [-0.2, -0.15) is 9.59 Å². The molecule has 1 amide bonds. The molecule has 13 heteroatoms. The van der Waals surface area contributed by atoms with E-state index in [0.29, 0.717) is 17.2 Å². The number of aliphatic hydroxyl groups is 1. The Balaban J connectivity index is 0.000000241. The van der Waals surface area contributed by atoms with Gasteiger partial charge in [-0.15, -0.1) is 0 Å². The third-order valence-electron chi connectivity index (χ3n) is 6.22. The molecule has 4 heterocycles. The van der Waals surface area contributed by atoms with Crippen LogP contribution in [0.2, 0.25) is 0 Å². The fourth-order valence-electron chi connectivity index (χ4n) is 3.82. The van der Waals surface area contributed by atoms with Crippen LogP contribution < -0.4 is 22.2 Å². The van der Waals surface area contributed by atoms with Gasteiger partial charge in [0.1, 0.15) is 23.9 Å². The average molecular weight is 625 g/mol. The van der Waals surface area contributed by atoms with Gasteiger partial charge in [0.15, 0.2) is 0 Å². The Kier molecular flexibility index (Phi) is 12.0. The van der Waals surface area contributed by atoms with E-state index in [1.165, 1.54) is 15.2 Å². The Hall–Kier alpha value is -6.17. The Bertz CT molecular complexity index is 1890. The Labute approximate surface area is 263 Å². The number of hydrogen-bond donors (Lipinski definition) is 3. The molecule has 5 aromatic rings. The number of hydrogen-bond acceptors (Lipinski definition) is 10. The number of pyridine rings is 4. The monoisotopic (exact) mass is 624 g/mol. The summed E-state index contributed by atoms with van der Waals surface area (Å²) in [4.78, 5) is 60.9. The minimum atomic E-state index is -0.952. The lowest BCUT2D eigenvalue weighted by molar-refractivity contribution is -0.191. The van der Waals surface area contributed by atoms with Crippen molar-refractivity contribution in [3.05, 3.63) is 141 Å². The van der Waals surface area contributed by atoms with Crippen molar-refractivity contribution >= 4 is 23.6 Å². The molecular weight excluding hydrogens is 592 g/mol. The van der Waals surface area contributed by atoms with E-state index in [-0.39, 0.29) is 35.3 Å². The van der Waals surface area contributed by atoms with Crippen LogP contribution >= 0.6 is 0 Å². The van der Waals surface area contributed by atoms with Crippen LogP contribution in [0.3, 0.4) is 0 Å². The van der Waals surface area contributed by atoms with Crippen molar-refractivity contribution in [2.75, 3.05) is 11.1 Å². The Morgan fingerprint density at radius 3 is 2.02 bits per heavy atom. The number of aryl methyl sites for hydroxylation is 1. The zero-order chi connectivity index (χ0) is 33.7. The van der Waals surface area contributed by atoms with Crippen LogP contribution in [0.5, 0.6) is 0 Å². The molecule has 0 bridgehead atoms. The van der Waals surface area contributed by atoms with Crippen molar-refractivity contribution in [2.24, 2.45) is 0 Å². The Morgan fingerprint density at radius 2 is 1.46 bits per heavy atom. The molecular formula is C33H32N6O7. The van der Waals surface area contributed by atoms with Crippen molar-refractivity contribution in [3.8, 4) is 11.6 Å². The molecule has 0 radical (unpaired) electrons. The summed E-state index contributed by atoms with van der Waals surface area (Å²) in [5.74, 6) is 0.956. The minimum absolute atomic E-state index is 0.128. The maximum Gasteiger partial charge on any atom is 0.412 e. The number of nitrogens with two attached hydrogens (primary N) is 1. The molecule has 0 atom stereocenters. The zero-order valence-electron chi connectivity index (χ0n) is 25.3. The van der Waals surface area contributed by atoms with Crippen LogP contribution in [-0.4, -0.2) is 36.5 Å². The molecule has 4 N–H and O–H groups in total. The number of nitrogen functional groups attached to an aromatic ring is 1. The third-order valence-corrected chi connectivity index (χ3v) is 6.22.